The average Bonchev–Trinajstić information content (AvgIpc) is 3.20. The molecule has 11 heteroatoms. The van der Waals surface area contributed by atoms with Gasteiger partial charge in [0, 0.05) is 12.8 Å². The standard InChI is InChI=1S/C46H83O10P/c1-3-5-7-9-11-13-15-17-18-19-20-21-22-23-24-26-28-30-32-34-36-38-46(50)56-44(40-48)42-54-57(51,52)53-41-43(39-47)55-45(49)37-35-33-31-29-27-25-16-14-12-10-8-6-4-2/h6,8,12,14,25,27,31,33,43-44,47-48H,3-5,7,9-11,13,15-24,26,28-30,32,34-42H2,1-2H3,(H,51,52)/b8-6-,14-12-,27-25-,33-31-. The van der Waals surface area contributed by atoms with Crippen molar-refractivity contribution < 1.29 is 47.8 Å². The second kappa shape index (κ2) is 42.1. The van der Waals surface area contributed by atoms with Crippen molar-refractivity contribution in [1.29, 1.82) is 0 Å². The first-order chi connectivity index (χ1) is 27.8. The van der Waals surface area contributed by atoms with Crippen LogP contribution in [0.1, 0.15) is 194 Å². The second-order valence-corrected chi connectivity index (χ2v) is 16.5. The van der Waals surface area contributed by atoms with E-state index in [1.807, 2.05) is 18.2 Å². The Morgan fingerprint density at radius 2 is 0.825 bits per heavy atom. The summed E-state index contributed by atoms with van der Waals surface area (Å²) in [6.45, 7) is 2.02. The van der Waals surface area contributed by atoms with E-state index in [9.17, 15) is 29.3 Å². The van der Waals surface area contributed by atoms with Crippen molar-refractivity contribution in [3.63, 3.8) is 0 Å². The first kappa shape index (κ1) is 54.9. The number of hydrogen-bond donors (Lipinski definition) is 3. The van der Waals surface area contributed by atoms with E-state index in [-0.39, 0.29) is 12.8 Å². The highest BCUT2D eigenvalue weighted by Crippen LogP contribution is 2.43. The molecule has 0 spiro atoms. The van der Waals surface area contributed by atoms with Crippen LogP contribution in [0.4, 0.5) is 0 Å². The van der Waals surface area contributed by atoms with Gasteiger partial charge in [0.15, 0.2) is 0 Å². The molecule has 0 saturated heterocycles. The van der Waals surface area contributed by atoms with Crippen molar-refractivity contribution in [1.82, 2.24) is 0 Å². The molecule has 0 aliphatic carbocycles. The monoisotopic (exact) mass is 827 g/mol. The van der Waals surface area contributed by atoms with Gasteiger partial charge in [-0.25, -0.2) is 4.57 Å². The number of hydrogen-bond acceptors (Lipinski definition) is 9. The molecule has 0 amide bonds. The zero-order valence-corrected chi connectivity index (χ0v) is 36.9. The quantitative estimate of drug-likeness (QED) is 0.0235. The number of carbonyl (C=O) groups is 2. The highest BCUT2D eigenvalue weighted by molar-refractivity contribution is 7.47. The molecule has 332 valence electrons. The van der Waals surface area contributed by atoms with Crippen molar-refractivity contribution in [3.05, 3.63) is 48.6 Å². The van der Waals surface area contributed by atoms with Gasteiger partial charge in [0.25, 0.3) is 0 Å². The van der Waals surface area contributed by atoms with Crippen LogP contribution in [0.25, 0.3) is 0 Å². The van der Waals surface area contributed by atoms with E-state index >= 15 is 0 Å². The molecule has 10 nitrogen and oxygen atoms in total. The summed E-state index contributed by atoms with van der Waals surface area (Å²) in [5.74, 6) is -1.10. The van der Waals surface area contributed by atoms with Crippen molar-refractivity contribution in [2.24, 2.45) is 0 Å². The Bertz CT molecular complexity index is 1090. The third-order valence-corrected chi connectivity index (χ3v) is 10.5. The molecule has 0 aromatic heterocycles. The molecule has 0 fully saturated rings. The fourth-order valence-electron chi connectivity index (χ4n) is 6.13. The fourth-order valence-corrected chi connectivity index (χ4v) is 6.91. The van der Waals surface area contributed by atoms with Crippen molar-refractivity contribution in [2.75, 3.05) is 26.4 Å². The van der Waals surface area contributed by atoms with Gasteiger partial charge < -0.3 is 24.6 Å². The molecule has 0 aromatic carbocycles. The van der Waals surface area contributed by atoms with E-state index in [0.29, 0.717) is 12.8 Å². The average molecular weight is 827 g/mol. The maximum absolute atomic E-state index is 12.4. The smallest absolute Gasteiger partial charge is 0.457 e. The molecule has 0 bridgehead atoms. The summed E-state index contributed by atoms with van der Waals surface area (Å²) in [7, 11) is -4.65. The van der Waals surface area contributed by atoms with Crippen LogP contribution in [-0.2, 0) is 32.7 Å². The Hall–Kier alpha value is -2.07. The first-order valence-electron chi connectivity index (χ1n) is 22.6. The van der Waals surface area contributed by atoms with Crippen molar-refractivity contribution >= 4 is 19.8 Å². The molecular formula is C46H83O10P. The summed E-state index contributed by atoms with van der Waals surface area (Å²) < 4.78 is 32.5. The minimum Gasteiger partial charge on any atom is -0.457 e. The molecule has 57 heavy (non-hydrogen) atoms. The molecule has 0 saturated carbocycles. The van der Waals surface area contributed by atoms with Crippen LogP contribution in [0.3, 0.4) is 0 Å². The molecular weight excluding hydrogens is 743 g/mol. The summed E-state index contributed by atoms with van der Waals surface area (Å²) in [5.41, 5.74) is 0. The summed E-state index contributed by atoms with van der Waals surface area (Å²) >= 11 is 0. The summed E-state index contributed by atoms with van der Waals surface area (Å²) in [6, 6.07) is 0. The Morgan fingerprint density at radius 3 is 1.19 bits per heavy atom. The van der Waals surface area contributed by atoms with Crippen LogP contribution in [0, 0.1) is 0 Å². The Labute approximate surface area is 347 Å². The maximum Gasteiger partial charge on any atom is 0.472 e. The maximum atomic E-state index is 12.4. The number of carbonyl (C=O) groups excluding carboxylic acids is 2. The summed E-state index contributed by atoms with van der Waals surface area (Å²) in [5, 5.41) is 19.1. The molecule has 0 rings (SSSR count). The van der Waals surface area contributed by atoms with Gasteiger partial charge in [-0.3, -0.25) is 18.6 Å². The molecule has 3 unspecified atom stereocenters. The second-order valence-electron chi connectivity index (χ2n) is 15.0. The van der Waals surface area contributed by atoms with Gasteiger partial charge in [-0.2, -0.15) is 0 Å². The lowest BCUT2D eigenvalue weighted by molar-refractivity contribution is -0.153. The van der Waals surface area contributed by atoms with Crippen LogP contribution in [-0.4, -0.2) is 65.7 Å². The number of aliphatic hydroxyl groups is 2. The Morgan fingerprint density at radius 1 is 0.491 bits per heavy atom. The van der Waals surface area contributed by atoms with E-state index in [4.69, 9.17) is 18.5 Å². The lowest BCUT2D eigenvalue weighted by Crippen LogP contribution is -2.28. The highest BCUT2D eigenvalue weighted by Gasteiger charge is 2.27. The van der Waals surface area contributed by atoms with E-state index in [2.05, 4.69) is 44.2 Å². The number of unbranched alkanes of at least 4 members (excludes halogenated alkanes) is 20. The van der Waals surface area contributed by atoms with E-state index in [1.54, 1.807) is 0 Å². The summed E-state index contributed by atoms with van der Waals surface area (Å²) in [6.07, 6.45) is 45.4. The van der Waals surface area contributed by atoms with E-state index in [0.717, 1.165) is 44.9 Å². The molecule has 3 N–H and O–H groups in total. The van der Waals surface area contributed by atoms with Gasteiger partial charge in [-0.05, 0) is 38.5 Å². The van der Waals surface area contributed by atoms with Gasteiger partial charge >= 0.3 is 19.8 Å². The van der Waals surface area contributed by atoms with Crippen LogP contribution in [0.5, 0.6) is 0 Å². The van der Waals surface area contributed by atoms with Gasteiger partial charge in [0.2, 0.25) is 0 Å². The van der Waals surface area contributed by atoms with E-state index < -0.39 is 58.4 Å². The van der Waals surface area contributed by atoms with Gasteiger partial charge in [0.05, 0.1) is 26.4 Å². The number of rotatable bonds is 42. The SMILES string of the molecule is CC/C=C\C/C=C\C/C=C\C/C=C\CCC(=O)OC(CO)COP(=O)(O)OCC(CO)OC(=O)CCCCCCCCCCCCCCCCCCCCCCC. The number of aliphatic hydroxyl groups excluding tert-OH is 2. The van der Waals surface area contributed by atoms with Crippen molar-refractivity contribution in [3.8, 4) is 0 Å². The number of phosphoric acid groups is 1. The lowest BCUT2D eigenvalue weighted by atomic mass is 10.0. The van der Waals surface area contributed by atoms with Crippen molar-refractivity contribution in [2.45, 2.75) is 206 Å². The number of allylic oxidation sites excluding steroid dienone is 8. The Kier molecular flexibility index (Phi) is 40.5. The third-order valence-electron chi connectivity index (χ3n) is 9.57. The van der Waals surface area contributed by atoms with Crippen LogP contribution < -0.4 is 0 Å². The van der Waals surface area contributed by atoms with Crippen LogP contribution in [0.15, 0.2) is 48.6 Å². The highest BCUT2D eigenvalue weighted by atomic mass is 31.2. The molecule has 3 atom stereocenters. The predicted octanol–water partition coefficient (Wildman–Crippen LogP) is 12.1. The van der Waals surface area contributed by atoms with Crippen LogP contribution >= 0.6 is 7.82 Å². The molecule has 0 aliphatic rings. The normalized spacial score (nSPS) is 14.3. The zero-order chi connectivity index (χ0) is 41.9. The van der Waals surface area contributed by atoms with Gasteiger partial charge in [0.1, 0.15) is 12.2 Å². The number of phosphoric ester groups is 1. The molecule has 0 radical (unpaired) electrons. The minimum atomic E-state index is -4.65. The van der Waals surface area contributed by atoms with Crippen LogP contribution in [0.2, 0.25) is 0 Å². The minimum absolute atomic E-state index is 0.0706. The van der Waals surface area contributed by atoms with E-state index in [1.165, 1.54) is 109 Å². The molecule has 0 aromatic rings. The molecule has 0 heterocycles. The first-order valence-corrected chi connectivity index (χ1v) is 24.1. The van der Waals surface area contributed by atoms with Gasteiger partial charge in [-0.15, -0.1) is 0 Å². The Balaban J connectivity index is 3.90. The predicted molar refractivity (Wildman–Crippen MR) is 233 cm³/mol. The lowest BCUT2D eigenvalue weighted by Gasteiger charge is -2.20. The van der Waals surface area contributed by atoms with Gasteiger partial charge in [-0.1, -0.05) is 191 Å². The summed E-state index contributed by atoms with van der Waals surface area (Å²) in [4.78, 5) is 34.5. The molecule has 0 aliphatic heterocycles. The number of ether oxygens (including phenoxy) is 2. The third kappa shape index (κ3) is 40.5. The fraction of sp³-hybridized carbons (Fsp3) is 0.783. The topological polar surface area (TPSA) is 149 Å². The largest absolute Gasteiger partial charge is 0.472 e. The zero-order valence-electron chi connectivity index (χ0n) is 36.0. The number of esters is 2.